The van der Waals surface area contributed by atoms with Gasteiger partial charge in [-0.05, 0) is 58.1 Å². The molecule has 2 aliphatic rings. The van der Waals surface area contributed by atoms with Crippen molar-refractivity contribution in [3.8, 4) is 0 Å². The maximum atomic E-state index is 12.6. The molecule has 4 N–H and O–H groups in total. The fraction of sp³-hybridized carbons (Fsp3) is 0.545. The van der Waals surface area contributed by atoms with Crippen LogP contribution in [0, 0.1) is 12.8 Å². The number of nitrogens with zero attached hydrogens (tertiary/aromatic N) is 4. The lowest BCUT2D eigenvalue weighted by Gasteiger charge is -2.43. The van der Waals surface area contributed by atoms with Crippen LogP contribution in [0.25, 0.3) is 10.2 Å². The lowest BCUT2D eigenvalue weighted by molar-refractivity contribution is -0.125. The third kappa shape index (κ3) is 4.62. The second-order valence-corrected chi connectivity index (χ2v) is 10.3. The van der Waals surface area contributed by atoms with Gasteiger partial charge < -0.3 is 20.9 Å². The number of likely N-dealkylation sites (N-methyl/N-ethyl adjacent to an activating group) is 1. The highest BCUT2D eigenvalue weighted by atomic mass is 32.1. The number of hydrogen-bond acceptors (Lipinski definition) is 9. The molecule has 0 spiro atoms. The number of nitrogens with one attached hydrogen (secondary N) is 4. The van der Waals surface area contributed by atoms with Crippen molar-refractivity contribution < 1.29 is 4.79 Å². The summed E-state index contributed by atoms with van der Waals surface area (Å²) in [7, 11) is 3.92. The predicted octanol–water partition coefficient (Wildman–Crippen LogP) is 2.91. The van der Waals surface area contributed by atoms with Gasteiger partial charge in [0.1, 0.15) is 5.78 Å². The van der Waals surface area contributed by atoms with Crippen molar-refractivity contribution in [2.75, 3.05) is 31.3 Å². The second kappa shape index (κ2) is 8.76. The molecule has 0 saturated carbocycles. The van der Waals surface area contributed by atoms with Gasteiger partial charge in [0, 0.05) is 35.8 Å². The maximum Gasteiger partial charge on any atom is 0.225 e. The first kappa shape index (κ1) is 21.3. The molecule has 3 aromatic heterocycles. The first-order chi connectivity index (χ1) is 15.4. The minimum Gasteiger partial charge on any atom is -0.351 e. The van der Waals surface area contributed by atoms with Crippen LogP contribution in [0.4, 0.5) is 17.6 Å². The summed E-state index contributed by atoms with van der Waals surface area (Å²) < 4.78 is 1.01. The average Bonchev–Trinajstić information content (AvgIpc) is 3.35. The van der Waals surface area contributed by atoms with Crippen LogP contribution >= 0.6 is 11.3 Å². The van der Waals surface area contributed by atoms with Gasteiger partial charge in [-0.2, -0.15) is 10.1 Å². The van der Waals surface area contributed by atoms with Crippen LogP contribution in [-0.4, -0.2) is 69.6 Å². The van der Waals surface area contributed by atoms with E-state index in [0.29, 0.717) is 30.4 Å². The van der Waals surface area contributed by atoms with E-state index in [0.717, 1.165) is 53.2 Å². The standard InChI is InChI=1S/C22H30N8OS/c1-12-6-19(29-28-12)26-21-20-17(4-5-32-20)25-22(27-21)24-16-9-14-7-13(8-15(10-16)23-14)18(31)11-30(2)3/h4-6,13-16,23H,7-11H2,1-3H3,(H3,24,25,26,27,28,29). The fourth-order valence-electron chi connectivity index (χ4n) is 4.98. The molecule has 3 aromatic rings. The second-order valence-electron chi connectivity index (χ2n) is 9.34. The molecule has 0 amide bonds. The monoisotopic (exact) mass is 454 g/mol. The van der Waals surface area contributed by atoms with Crippen molar-refractivity contribution in [1.29, 1.82) is 0 Å². The summed E-state index contributed by atoms with van der Waals surface area (Å²) in [6.07, 6.45) is 3.76. The molecule has 2 atom stereocenters. The van der Waals surface area contributed by atoms with Gasteiger partial charge in [0.25, 0.3) is 0 Å². The van der Waals surface area contributed by atoms with Gasteiger partial charge in [0.05, 0.1) is 16.8 Å². The summed E-state index contributed by atoms with van der Waals surface area (Å²) in [5.41, 5.74) is 1.91. The number of thiophene rings is 1. The summed E-state index contributed by atoms with van der Waals surface area (Å²) >= 11 is 1.62. The van der Waals surface area contributed by atoms with Crippen molar-refractivity contribution in [1.82, 2.24) is 30.4 Å². The summed E-state index contributed by atoms with van der Waals surface area (Å²) in [5, 5.41) is 19.9. The Balaban J connectivity index is 1.29. The number of carbonyl (C=O) groups is 1. The highest BCUT2D eigenvalue weighted by Crippen LogP contribution is 2.33. The number of anilines is 3. The molecule has 32 heavy (non-hydrogen) atoms. The zero-order valence-electron chi connectivity index (χ0n) is 18.7. The van der Waals surface area contributed by atoms with E-state index in [-0.39, 0.29) is 12.0 Å². The molecular weight excluding hydrogens is 424 g/mol. The summed E-state index contributed by atoms with van der Waals surface area (Å²) in [4.78, 5) is 24.1. The van der Waals surface area contributed by atoms with Gasteiger partial charge in [-0.25, -0.2) is 4.98 Å². The SMILES string of the molecule is Cc1cc(Nc2nc(NC3CC4CC(C(=O)CN(C)C)CC(C3)N4)nc3ccsc23)n[nH]1. The van der Waals surface area contributed by atoms with E-state index in [2.05, 4.69) is 26.1 Å². The lowest BCUT2D eigenvalue weighted by Crippen LogP contribution is -2.55. The van der Waals surface area contributed by atoms with Gasteiger partial charge in [0.15, 0.2) is 11.6 Å². The minimum absolute atomic E-state index is 0.168. The number of fused-ring (bicyclic) bond motifs is 3. The van der Waals surface area contributed by atoms with Gasteiger partial charge in [-0.3, -0.25) is 9.89 Å². The molecule has 0 aromatic carbocycles. The Kier molecular flexibility index (Phi) is 5.83. The Bertz CT molecular complexity index is 1090. The Labute approximate surface area is 191 Å². The molecular formula is C22H30N8OS. The lowest BCUT2D eigenvalue weighted by atomic mass is 9.76. The van der Waals surface area contributed by atoms with Gasteiger partial charge in [-0.1, -0.05) is 0 Å². The third-order valence-electron chi connectivity index (χ3n) is 6.26. The van der Waals surface area contributed by atoms with E-state index in [1.807, 2.05) is 43.4 Å². The van der Waals surface area contributed by atoms with Gasteiger partial charge in [-0.15, -0.1) is 11.3 Å². The zero-order chi connectivity index (χ0) is 22.2. The Morgan fingerprint density at radius 3 is 2.69 bits per heavy atom. The number of H-pyrrole nitrogens is 1. The molecule has 170 valence electrons. The number of hydrogen-bond donors (Lipinski definition) is 4. The largest absolute Gasteiger partial charge is 0.351 e. The van der Waals surface area contributed by atoms with Gasteiger partial charge in [0.2, 0.25) is 5.95 Å². The van der Waals surface area contributed by atoms with Crippen LogP contribution < -0.4 is 16.0 Å². The number of rotatable bonds is 7. The van der Waals surface area contributed by atoms with Gasteiger partial charge >= 0.3 is 0 Å². The third-order valence-corrected chi connectivity index (χ3v) is 7.17. The van der Waals surface area contributed by atoms with E-state index in [4.69, 9.17) is 9.97 Å². The molecule has 10 heteroatoms. The van der Waals surface area contributed by atoms with Crippen LogP contribution in [0.3, 0.4) is 0 Å². The molecule has 2 fully saturated rings. The molecule has 2 bridgehead atoms. The van der Waals surface area contributed by atoms with Crippen LogP contribution in [0.15, 0.2) is 17.5 Å². The Morgan fingerprint density at radius 1 is 1.22 bits per heavy atom. The molecule has 5 heterocycles. The first-order valence-electron chi connectivity index (χ1n) is 11.2. The zero-order valence-corrected chi connectivity index (χ0v) is 19.5. The number of piperidine rings is 2. The molecule has 2 saturated heterocycles. The predicted molar refractivity (Wildman–Crippen MR) is 128 cm³/mol. The van der Waals surface area contributed by atoms with E-state index in [9.17, 15) is 4.79 Å². The fourth-order valence-corrected chi connectivity index (χ4v) is 5.76. The van der Waals surface area contributed by atoms with Crippen molar-refractivity contribution in [2.24, 2.45) is 5.92 Å². The van der Waals surface area contributed by atoms with E-state index in [1.54, 1.807) is 11.3 Å². The molecule has 9 nitrogen and oxygen atoms in total. The number of aryl methyl sites for hydroxylation is 1. The number of aromatic nitrogens is 4. The summed E-state index contributed by atoms with van der Waals surface area (Å²) in [6.45, 7) is 2.50. The quantitative estimate of drug-likeness (QED) is 0.431. The normalized spacial score (nSPS) is 25.2. The van der Waals surface area contributed by atoms with Crippen molar-refractivity contribution in [2.45, 2.75) is 50.7 Å². The van der Waals surface area contributed by atoms with Crippen LogP contribution in [-0.2, 0) is 4.79 Å². The van der Waals surface area contributed by atoms with Crippen molar-refractivity contribution in [3.05, 3.63) is 23.2 Å². The smallest absolute Gasteiger partial charge is 0.225 e. The van der Waals surface area contributed by atoms with E-state index < -0.39 is 0 Å². The van der Waals surface area contributed by atoms with Crippen LogP contribution in [0.2, 0.25) is 0 Å². The van der Waals surface area contributed by atoms with E-state index >= 15 is 0 Å². The Hall–Kier alpha value is -2.56. The van der Waals surface area contributed by atoms with Crippen LogP contribution in [0.1, 0.15) is 31.4 Å². The molecule has 0 aliphatic carbocycles. The minimum atomic E-state index is 0.168. The molecule has 5 rings (SSSR count). The molecule has 2 unspecified atom stereocenters. The number of carbonyl (C=O) groups excluding carboxylic acids is 1. The van der Waals surface area contributed by atoms with E-state index in [1.165, 1.54) is 0 Å². The highest BCUT2D eigenvalue weighted by Gasteiger charge is 2.38. The first-order valence-corrected chi connectivity index (χ1v) is 12.0. The summed E-state index contributed by atoms with van der Waals surface area (Å²) in [6, 6.07) is 4.96. The maximum absolute atomic E-state index is 12.6. The molecule has 0 radical (unpaired) electrons. The molecule has 2 aliphatic heterocycles. The Morgan fingerprint density at radius 2 is 2.00 bits per heavy atom. The topological polar surface area (TPSA) is 111 Å². The van der Waals surface area contributed by atoms with Crippen LogP contribution in [0.5, 0.6) is 0 Å². The summed E-state index contributed by atoms with van der Waals surface area (Å²) in [5.74, 6) is 2.68. The number of aromatic amines is 1. The average molecular weight is 455 g/mol. The highest BCUT2D eigenvalue weighted by molar-refractivity contribution is 7.17. The number of ketones is 1. The van der Waals surface area contributed by atoms with Crippen molar-refractivity contribution >= 4 is 44.9 Å². The van der Waals surface area contributed by atoms with Crippen molar-refractivity contribution in [3.63, 3.8) is 0 Å². The number of Topliss-reactive ketones (excluding diaryl/α,β-unsaturated/α-hetero) is 1.